The summed E-state index contributed by atoms with van der Waals surface area (Å²) in [4.78, 5) is 26.3. The fourth-order valence-corrected chi connectivity index (χ4v) is 2.71. The lowest BCUT2D eigenvalue weighted by Crippen LogP contribution is -2.33. The molecule has 0 aliphatic heterocycles. The van der Waals surface area contributed by atoms with Gasteiger partial charge < -0.3 is 15.5 Å². The molecule has 1 unspecified atom stereocenters. The zero-order valence-electron chi connectivity index (χ0n) is 14.8. The second-order valence-corrected chi connectivity index (χ2v) is 7.03. The number of carbonyl (C=O) groups is 2. The third-order valence-electron chi connectivity index (χ3n) is 4.54. The second kappa shape index (κ2) is 7.79. The predicted molar refractivity (Wildman–Crippen MR) is 104 cm³/mol. The number of anilines is 1. The Morgan fingerprint density at radius 1 is 1.15 bits per heavy atom. The summed E-state index contributed by atoms with van der Waals surface area (Å²) < 4.78 is 0. The van der Waals surface area contributed by atoms with Gasteiger partial charge in [-0.1, -0.05) is 29.8 Å². The maximum atomic E-state index is 12.6. The van der Waals surface area contributed by atoms with Gasteiger partial charge in [-0.3, -0.25) is 4.79 Å². The lowest BCUT2D eigenvalue weighted by molar-refractivity contribution is 0.0951. The van der Waals surface area contributed by atoms with Crippen LogP contribution < -0.4 is 10.6 Å². The molecular formula is C20H22ClN3O2. The molecule has 1 fully saturated rings. The van der Waals surface area contributed by atoms with Gasteiger partial charge in [0.25, 0.3) is 5.91 Å². The van der Waals surface area contributed by atoms with Gasteiger partial charge >= 0.3 is 6.03 Å². The standard InChI is InChI=1S/C20H22ClN3O2/c1-13(14-6-8-16(21)9-7-14)24(2)20(26)23-18-5-3-4-15(12-18)19(25)22-17-10-11-17/h3-9,12-13,17H,10-11H2,1-2H3,(H,22,25)(H,23,26). The molecule has 6 heteroatoms. The van der Waals surface area contributed by atoms with Crippen LogP contribution in [0.2, 0.25) is 5.02 Å². The minimum atomic E-state index is -0.243. The molecule has 2 N–H and O–H groups in total. The third-order valence-corrected chi connectivity index (χ3v) is 4.79. The first-order valence-corrected chi connectivity index (χ1v) is 9.02. The van der Waals surface area contributed by atoms with Crippen molar-refractivity contribution in [3.05, 3.63) is 64.7 Å². The van der Waals surface area contributed by atoms with Crippen molar-refractivity contribution in [3.63, 3.8) is 0 Å². The Bertz CT molecular complexity index is 803. The van der Waals surface area contributed by atoms with Crippen LogP contribution in [0.25, 0.3) is 0 Å². The van der Waals surface area contributed by atoms with Crippen LogP contribution in [0.4, 0.5) is 10.5 Å². The minimum Gasteiger partial charge on any atom is -0.349 e. The molecule has 1 aliphatic carbocycles. The minimum absolute atomic E-state index is 0.105. The second-order valence-electron chi connectivity index (χ2n) is 6.60. The normalized spacial score (nSPS) is 14.4. The van der Waals surface area contributed by atoms with Gasteiger partial charge in [-0.25, -0.2) is 4.79 Å². The smallest absolute Gasteiger partial charge is 0.322 e. The van der Waals surface area contributed by atoms with Crippen LogP contribution in [0, 0.1) is 0 Å². The summed E-state index contributed by atoms with van der Waals surface area (Å²) in [5, 5.41) is 6.46. The van der Waals surface area contributed by atoms with Crippen LogP contribution >= 0.6 is 11.6 Å². The van der Waals surface area contributed by atoms with Crippen LogP contribution in [-0.2, 0) is 0 Å². The number of rotatable bonds is 5. The summed E-state index contributed by atoms with van der Waals surface area (Å²) >= 11 is 5.92. The Morgan fingerprint density at radius 2 is 1.85 bits per heavy atom. The number of urea groups is 1. The lowest BCUT2D eigenvalue weighted by atomic mass is 10.1. The summed E-state index contributed by atoms with van der Waals surface area (Å²) in [7, 11) is 1.73. The number of carbonyl (C=O) groups excluding carboxylic acids is 2. The van der Waals surface area contributed by atoms with Gasteiger partial charge in [0.2, 0.25) is 0 Å². The highest BCUT2D eigenvalue weighted by Gasteiger charge is 2.24. The maximum Gasteiger partial charge on any atom is 0.322 e. The molecule has 3 amide bonds. The van der Waals surface area contributed by atoms with Crippen LogP contribution in [0.3, 0.4) is 0 Å². The fraction of sp³-hybridized carbons (Fsp3) is 0.300. The average molecular weight is 372 g/mol. The van der Waals surface area contributed by atoms with E-state index < -0.39 is 0 Å². The van der Waals surface area contributed by atoms with E-state index in [0.29, 0.717) is 22.3 Å². The number of halogens is 1. The van der Waals surface area contributed by atoms with E-state index in [0.717, 1.165) is 18.4 Å². The van der Waals surface area contributed by atoms with Crippen LogP contribution in [0.1, 0.15) is 41.7 Å². The van der Waals surface area contributed by atoms with Crippen molar-refractivity contribution in [2.24, 2.45) is 0 Å². The van der Waals surface area contributed by atoms with Gasteiger partial charge in [0.05, 0.1) is 6.04 Å². The quantitative estimate of drug-likeness (QED) is 0.815. The Hall–Kier alpha value is -2.53. The topological polar surface area (TPSA) is 61.4 Å². The molecule has 0 aromatic heterocycles. The summed E-state index contributed by atoms with van der Waals surface area (Å²) in [6.45, 7) is 1.95. The number of hydrogen-bond donors (Lipinski definition) is 2. The summed E-state index contributed by atoms with van der Waals surface area (Å²) in [5.74, 6) is -0.105. The molecule has 1 atom stereocenters. The highest BCUT2D eigenvalue weighted by atomic mass is 35.5. The van der Waals surface area contributed by atoms with Crippen molar-refractivity contribution in [2.75, 3.05) is 12.4 Å². The number of nitrogens with zero attached hydrogens (tertiary/aromatic N) is 1. The van der Waals surface area contributed by atoms with Crippen molar-refractivity contribution in [3.8, 4) is 0 Å². The zero-order chi connectivity index (χ0) is 18.7. The number of hydrogen-bond acceptors (Lipinski definition) is 2. The molecule has 0 bridgehead atoms. The molecule has 26 heavy (non-hydrogen) atoms. The van der Waals surface area contributed by atoms with E-state index in [2.05, 4.69) is 10.6 Å². The van der Waals surface area contributed by atoms with Gasteiger partial charge in [-0.2, -0.15) is 0 Å². The zero-order valence-corrected chi connectivity index (χ0v) is 15.6. The number of amides is 3. The largest absolute Gasteiger partial charge is 0.349 e. The first-order valence-electron chi connectivity index (χ1n) is 8.64. The van der Waals surface area contributed by atoms with Crippen LogP contribution in [-0.4, -0.2) is 29.9 Å². The Balaban J connectivity index is 1.64. The van der Waals surface area contributed by atoms with Crippen molar-refractivity contribution in [1.29, 1.82) is 0 Å². The van der Waals surface area contributed by atoms with E-state index >= 15 is 0 Å². The van der Waals surface area contributed by atoms with E-state index in [1.807, 2.05) is 19.1 Å². The lowest BCUT2D eigenvalue weighted by Gasteiger charge is -2.25. The molecule has 136 valence electrons. The molecular weight excluding hydrogens is 350 g/mol. The number of benzene rings is 2. The Kier molecular flexibility index (Phi) is 5.47. The van der Waals surface area contributed by atoms with Gasteiger partial charge in [0.1, 0.15) is 0 Å². The average Bonchev–Trinajstić information content (AvgIpc) is 3.45. The molecule has 2 aromatic carbocycles. The molecule has 3 rings (SSSR count). The van der Waals surface area contributed by atoms with E-state index in [1.54, 1.807) is 48.3 Å². The molecule has 1 saturated carbocycles. The van der Waals surface area contributed by atoms with Crippen molar-refractivity contribution in [2.45, 2.75) is 31.8 Å². The van der Waals surface area contributed by atoms with Gasteiger partial charge in [0.15, 0.2) is 0 Å². The first-order chi connectivity index (χ1) is 12.4. The van der Waals surface area contributed by atoms with Crippen molar-refractivity contribution >= 4 is 29.2 Å². The van der Waals surface area contributed by atoms with Crippen LogP contribution in [0.15, 0.2) is 48.5 Å². The molecule has 0 radical (unpaired) electrons. The predicted octanol–water partition coefficient (Wildman–Crippen LogP) is 4.46. The molecule has 5 nitrogen and oxygen atoms in total. The molecule has 0 heterocycles. The maximum absolute atomic E-state index is 12.6. The van der Waals surface area contributed by atoms with E-state index in [1.165, 1.54) is 0 Å². The monoisotopic (exact) mass is 371 g/mol. The third kappa shape index (κ3) is 4.55. The van der Waals surface area contributed by atoms with E-state index in [9.17, 15) is 9.59 Å². The summed E-state index contributed by atoms with van der Waals surface area (Å²) in [5.41, 5.74) is 2.13. The molecule has 1 aliphatic rings. The Morgan fingerprint density at radius 3 is 2.50 bits per heavy atom. The highest BCUT2D eigenvalue weighted by Crippen LogP contribution is 2.22. The van der Waals surface area contributed by atoms with Gasteiger partial charge in [-0.15, -0.1) is 0 Å². The van der Waals surface area contributed by atoms with Gasteiger partial charge in [0, 0.05) is 29.4 Å². The summed E-state index contributed by atoms with van der Waals surface area (Å²) in [6.07, 6.45) is 2.07. The highest BCUT2D eigenvalue weighted by molar-refractivity contribution is 6.30. The van der Waals surface area contributed by atoms with Crippen LogP contribution in [0.5, 0.6) is 0 Å². The van der Waals surface area contributed by atoms with E-state index in [4.69, 9.17) is 11.6 Å². The summed E-state index contributed by atoms with van der Waals surface area (Å²) in [6, 6.07) is 14.3. The molecule has 0 spiro atoms. The van der Waals surface area contributed by atoms with Crippen molar-refractivity contribution in [1.82, 2.24) is 10.2 Å². The first kappa shape index (κ1) is 18.3. The Labute approximate surface area is 158 Å². The molecule has 0 saturated heterocycles. The SMILES string of the molecule is CC(c1ccc(Cl)cc1)N(C)C(=O)Nc1cccc(C(=O)NC2CC2)c1. The fourth-order valence-electron chi connectivity index (χ4n) is 2.59. The van der Waals surface area contributed by atoms with E-state index in [-0.39, 0.29) is 18.0 Å². The number of nitrogens with one attached hydrogen (secondary N) is 2. The molecule has 2 aromatic rings. The van der Waals surface area contributed by atoms with Gasteiger partial charge in [-0.05, 0) is 55.7 Å². The van der Waals surface area contributed by atoms with Crippen molar-refractivity contribution < 1.29 is 9.59 Å².